The Hall–Kier alpha value is -3.21. The molecule has 1 N–H and O–H groups in total. The predicted molar refractivity (Wildman–Crippen MR) is 127 cm³/mol. The zero-order valence-electron chi connectivity index (χ0n) is 19.0. The number of aryl methyl sites for hydroxylation is 2. The maximum Gasteiger partial charge on any atom is 0.255 e. The Labute approximate surface area is 193 Å². The van der Waals surface area contributed by atoms with Crippen molar-refractivity contribution >= 4 is 29.1 Å². The van der Waals surface area contributed by atoms with Crippen LogP contribution in [0.4, 0.5) is 11.4 Å². The molecule has 5 heteroatoms. The van der Waals surface area contributed by atoms with E-state index in [4.69, 9.17) is 0 Å². The highest BCUT2D eigenvalue weighted by molar-refractivity contribution is 6.23. The van der Waals surface area contributed by atoms with Gasteiger partial charge in [0, 0.05) is 11.3 Å². The number of hydrogen-bond acceptors (Lipinski definition) is 3. The van der Waals surface area contributed by atoms with E-state index in [0.717, 1.165) is 36.1 Å². The third-order valence-electron chi connectivity index (χ3n) is 8.27. The van der Waals surface area contributed by atoms with Gasteiger partial charge in [0.2, 0.25) is 11.8 Å². The second-order valence-corrected chi connectivity index (χ2v) is 9.83. The number of amides is 3. The molecule has 4 aliphatic carbocycles. The normalized spacial score (nSPS) is 30.9. The topological polar surface area (TPSA) is 66.5 Å². The first kappa shape index (κ1) is 20.4. The van der Waals surface area contributed by atoms with Gasteiger partial charge in [-0.2, -0.15) is 0 Å². The van der Waals surface area contributed by atoms with E-state index in [1.165, 1.54) is 4.90 Å². The molecule has 0 radical (unpaired) electrons. The first-order valence-electron chi connectivity index (χ1n) is 12.1. The highest BCUT2D eigenvalue weighted by Crippen LogP contribution is 2.65. The molecule has 5 aliphatic rings. The van der Waals surface area contributed by atoms with Gasteiger partial charge in [-0.3, -0.25) is 14.4 Å². The van der Waals surface area contributed by atoms with E-state index in [9.17, 15) is 14.4 Å². The molecule has 168 valence electrons. The lowest BCUT2D eigenvalue weighted by molar-refractivity contribution is -0.124. The summed E-state index contributed by atoms with van der Waals surface area (Å²) in [7, 11) is 0. The van der Waals surface area contributed by atoms with Crippen LogP contribution in [0.2, 0.25) is 0 Å². The number of hydrogen-bond donors (Lipinski definition) is 1. The minimum Gasteiger partial charge on any atom is -0.321 e. The highest BCUT2D eigenvalue weighted by Gasteiger charge is 2.67. The second kappa shape index (κ2) is 7.41. The monoisotopic (exact) mass is 440 g/mol. The molecule has 0 aromatic heterocycles. The molecular formula is C28H28N2O3. The minimum absolute atomic E-state index is 0.100. The summed E-state index contributed by atoms with van der Waals surface area (Å²) >= 11 is 0. The summed E-state index contributed by atoms with van der Waals surface area (Å²) in [6.07, 6.45) is 7.14. The number of carbonyl (C=O) groups is 3. The van der Waals surface area contributed by atoms with Crippen molar-refractivity contribution in [1.82, 2.24) is 0 Å². The molecule has 7 rings (SSSR count). The fourth-order valence-corrected chi connectivity index (χ4v) is 6.59. The first-order chi connectivity index (χ1) is 16.0. The van der Waals surface area contributed by atoms with Crippen LogP contribution in [0.15, 0.2) is 54.6 Å². The predicted octanol–water partition coefficient (Wildman–Crippen LogP) is 4.62. The van der Waals surface area contributed by atoms with E-state index in [1.807, 2.05) is 18.2 Å². The van der Waals surface area contributed by atoms with E-state index >= 15 is 0 Å². The number of benzene rings is 2. The van der Waals surface area contributed by atoms with Crippen LogP contribution in [-0.2, 0) is 22.4 Å². The van der Waals surface area contributed by atoms with Crippen molar-refractivity contribution in [1.29, 1.82) is 0 Å². The summed E-state index contributed by atoms with van der Waals surface area (Å²) in [5, 5.41) is 3.09. The number of imide groups is 1. The SMILES string of the molecule is CCc1cccc(CC)c1NC(=O)c1cccc(N2C(=O)[C@@H]3[C@H]4C=C[C@@H]([C@@H]5C[C@H]45)[C@@H]3C2=O)c1. The van der Waals surface area contributed by atoms with Crippen LogP contribution < -0.4 is 10.2 Å². The summed E-state index contributed by atoms with van der Waals surface area (Å²) in [6.45, 7) is 4.14. The van der Waals surface area contributed by atoms with Crippen molar-refractivity contribution in [2.75, 3.05) is 10.2 Å². The Morgan fingerprint density at radius 2 is 1.48 bits per heavy atom. The van der Waals surface area contributed by atoms with Crippen LogP contribution in [0.1, 0.15) is 41.8 Å². The van der Waals surface area contributed by atoms with Gasteiger partial charge in [-0.25, -0.2) is 4.90 Å². The van der Waals surface area contributed by atoms with Crippen LogP contribution in [0.3, 0.4) is 0 Å². The quantitative estimate of drug-likeness (QED) is 0.545. The summed E-state index contributed by atoms with van der Waals surface area (Å²) in [6, 6.07) is 13.0. The molecule has 1 saturated heterocycles. The van der Waals surface area contributed by atoms with Crippen molar-refractivity contribution in [3.63, 3.8) is 0 Å². The van der Waals surface area contributed by atoms with Crippen LogP contribution in [0, 0.1) is 35.5 Å². The van der Waals surface area contributed by atoms with E-state index in [-0.39, 0.29) is 41.4 Å². The van der Waals surface area contributed by atoms with Gasteiger partial charge in [0.1, 0.15) is 0 Å². The van der Waals surface area contributed by atoms with Gasteiger partial charge in [-0.05, 0) is 72.3 Å². The third kappa shape index (κ3) is 2.94. The number of nitrogens with one attached hydrogen (secondary N) is 1. The van der Waals surface area contributed by atoms with Crippen molar-refractivity contribution < 1.29 is 14.4 Å². The lowest BCUT2D eigenvalue weighted by atomic mass is 9.63. The summed E-state index contributed by atoms with van der Waals surface area (Å²) < 4.78 is 0. The number of anilines is 2. The third-order valence-corrected chi connectivity index (χ3v) is 8.27. The van der Waals surface area contributed by atoms with Gasteiger partial charge in [0.15, 0.2) is 0 Å². The van der Waals surface area contributed by atoms with Crippen molar-refractivity contribution in [3.8, 4) is 0 Å². The Kier molecular flexibility index (Phi) is 4.58. The molecule has 1 heterocycles. The van der Waals surface area contributed by atoms with Gasteiger partial charge in [-0.1, -0.05) is 50.3 Å². The van der Waals surface area contributed by atoms with E-state index < -0.39 is 0 Å². The van der Waals surface area contributed by atoms with Crippen LogP contribution >= 0.6 is 0 Å². The van der Waals surface area contributed by atoms with E-state index in [2.05, 4.69) is 31.3 Å². The Balaban J connectivity index is 1.29. The van der Waals surface area contributed by atoms with Gasteiger partial charge in [-0.15, -0.1) is 0 Å². The smallest absolute Gasteiger partial charge is 0.255 e. The number of carbonyl (C=O) groups excluding carboxylic acids is 3. The standard InChI is InChI=1S/C28H28N2O3/c1-3-15-7-5-8-16(4-2)25(15)29-26(31)17-9-6-10-18(13-17)30-27(32)23-19-11-12-20(22-14-21(19)22)24(23)28(30)33/h5-13,19-24H,3-4,14H2,1-2H3,(H,29,31)/t19-,20-,21-,22+,23-,24+/m0/s1. The van der Waals surface area contributed by atoms with Gasteiger partial charge in [0.05, 0.1) is 17.5 Å². The first-order valence-corrected chi connectivity index (χ1v) is 12.1. The second-order valence-electron chi connectivity index (χ2n) is 9.83. The Morgan fingerprint density at radius 1 is 0.909 bits per heavy atom. The largest absolute Gasteiger partial charge is 0.321 e. The fourth-order valence-electron chi connectivity index (χ4n) is 6.59. The summed E-state index contributed by atoms with van der Waals surface area (Å²) in [5.74, 6) is 0.616. The van der Waals surface area contributed by atoms with Gasteiger partial charge < -0.3 is 5.32 Å². The van der Waals surface area contributed by atoms with Crippen molar-refractivity contribution in [2.45, 2.75) is 33.1 Å². The summed E-state index contributed by atoms with van der Waals surface area (Å²) in [4.78, 5) is 41.4. The van der Waals surface area contributed by atoms with Crippen molar-refractivity contribution in [2.24, 2.45) is 35.5 Å². The number of rotatable bonds is 5. The van der Waals surface area contributed by atoms with E-state index in [0.29, 0.717) is 23.1 Å². The number of para-hydroxylation sites is 1. The molecule has 5 nitrogen and oxygen atoms in total. The molecular weight excluding hydrogens is 412 g/mol. The van der Waals surface area contributed by atoms with Crippen molar-refractivity contribution in [3.05, 3.63) is 71.3 Å². The lowest BCUT2D eigenvalue weighted by Crippen LogP contribution is -2.40. The Bertz CT molecular complexity index is 1160. The molecule has 2 aromatic rings. The maximum atomic E-state index is 13.4. The molecule has 3 fully saturated rings. The zero-order chi connectivity index (χ0) is 22.9. The van der Waals surface area contributed by atoms with Gasteiger partial charge >= 0.3 is 0 Å². The Morgan fingerprint density at radius 3 is 2.06 bits per heavy atom. The van der Waals surface area contributed by atoms with Crippen LogP contribution in [-0.4, -0.2) is 17.7 Å². The minimum atomic E-state index is -0.239. The lowest BCUT2D eigenvalue weighted by Gasteiger charge is -2.37. The molecule has 2 aromatic carbocycles. The zero-order valence-corrected chi connectivity index (χ0v) is 19.0. The molecule has 2 bridgehead atoms. The molecule has 1 aliphatic heterocycles. The molecule has 0 spiro atoms. The van der Waals surface area contributed by atoms with Gasteiger partial charge in [0.25, 0.3) is 5.91 Å². The fraction of sp³-hybridized carbons (Fsp3) is 0.393. The number of nitrogens with zero attached hydrogens (tertiary/aromatic N) is 1. The molecule has 2 saturated carbocycles. The highest BCUT2D eigenvalue weighted by atomic mass is 16.2. The molecule has 6 atom stereocenters. The molecule has 3 amide bonds. The summed E-state index contributed by atoms with van der Waals surface area (Å²) in [5.41, 5.74) is 3.99. The average molecular weight is 441 g/mol. The van der Waals surface area contributed by atoms with E-state index in [1.54, 1.807) is 24.3 Å². The van der Waals surface area contributed by atoms with Crippen LogP contribution in [0.5, 0.6) is 0 Å². The molecule has 33 heavy (non-hydrogen) atoms. The van der Waals surface area contributed by atoms with Crippen LogP contribution in [0.25, 0.3) is 0 Å². The maximum absolute atomic E-state index is 13.4. The number of allylic oxidation sites excluding steroid dienone is 2. The molecule has 0 unspecified atom stereocenters. The average Bonchev–Trinajstić information content (AvgIpc) is 3.62.